The van der Waals surface area contributed by atoms with E-state index >= 15 is 0 Å². The normalized spacial score (nSPS) is 15.8. The predicted octanol–water partition coefficient (Wildman–Crippen LogP) is 3.57. The summed E-state index contributed by atoms with van der Waals surface area (Å²) in [5.74, 6) is 1.63. The number of halogens is 1. The van der Waals surface area contributed by atoms with Crippen molar-refractivity contribution in [1.29, 1.82) is 0 Å². The lowest BCUT2D eigenvalue weighted by Gasteiger charge is -2.21. The van der Waals surface area contributed by atoms with Crippen molar-refractivity contribution >= 4 is 29.9 Å². The van der Waals surface area contributed by atoms with Crippen LogP contribution in [0.25, 0.3) is 0 Å². The summed E-state index contributed by atoms with van der Waals surface area (Å²) in [5.41, 5.74) is 0. The number of nitrogens with one attached hydrogen (secondary N) is 2. The highest BCUT2D eigenvalue weighted by molar-refractivity contribution is 14.0. The fourth-order valence-electron chi connectivity index (χ4n) is 2.62. The fraction of sp³-hybridized carbons (Fsp3) is 0.944. The molecule has 0 bridgehead atoms. The molecule has 0 amide bonds. The average Bonchev–Trinajstić information content (AvgIpc) is 2.58. The molecule has 0 aromatic carbocycles. The van der Waals surface area contributed by atoms with E-state index in [1.54, 1.807) is 0 Å². The van der Waals surface area contributed by atoms with Crippen molar-refractivity contribution in [1.82, 2.24) is 10.6 Å². The van der Waals surface area contributed by atoms with Crippen LogP contribution in [0.15, 0.2) is 4.99 Å². The van der Waals surface area contributed by atoms with Crippen LogP contribution in [0.2, 0.25) is 0 Å². The summed E-state index contributed by atoms with van der Waals surface area (Å²) < 4.78 is 11.1. The number of hydrogen-bond donors (Lipinski definition) is 2. The lowest BCUT2D eigenvalue weighted by molar-refractivity contribution is 0.0205. The first-order valence-corrected chi connectivity index (χ1v) is 9.54. The van der Waals surface area contributed by atoms with E-state index < -0.39 is 0 Å². The summed E-state index contributed by atoms with van der Waals surface area (Å²) in [4.78, 5) is 4.61. The van der Waals surface area contributed by atoms with Crippen molar-refractivity contribution in [2.75, 3.05) is 46.1 Å². The molecule has 1 aliphatic heterocycles. The van der Waals surface area contributed by atoms with Crippen LogP contribution in [0.4, 0.5) is 0 Å². The average molecular weight is 455 g/mol. The van der Waals surface area contributed by atoms with Crippen molar-refractivity contribution in [3.63, 3.8) is 0 Å². The number of hydrogen-bond acceptors (Lipinski definition) is 3. The van der Waals surface area contributed by atoms with Gasteiger partial charge in [-0.3, -0.25) is 4.99 Å². The molecule has 0 aromatic rings. The fourth-order valence-corrected chi connectivity index (χ4v) is 2.62. The standard InChI is InChI=1S/C18H37N3O2.HI/c1-3-5-6-7-11-20-18(19-4-2)21-12-8-13-23-16-17-9-14-22-15-10-17;/h17H,3-16H2,1-2H3,(H2,19,20,21);1H. The minimum absolute atomic E-state index is 0. The third-order valence-electron chi connectivity index (χ3n) is 4.08. The smallest absolute Gasteiger partial charge is 0.191 e. The first-order chi connectivity index (χ1) is 11.4. The van der Waals surface area contributed by atoms with Gasteiger partial charge in [0.2, 0.25) is 0 Å². The van der Waals surface area contributed by atoms with E-state index in [1.807, 2.05) is 0 Å². The molecule has 6 heteroatoms. The van der Waals surface area contributed by atoms with Gasteiger partial charge in [0, 0.05) is 46.1 Å². The maximum absolute atomic E-state index is 5.77. The minimum Gasteiger partial charge on any atom is -0.381 e. The molecule has 1 saturated heterocycles. The zero-order chi connectivity index (χ0) is 16.6. The second kappa shape index (κ2) is 17.7. The van der Waals surface area contributed by atoms with Crippen molar-refractivity contribution in [3.05, 3.63) is 0 Å². The number of unbranched alkanes of at least 4 members (excludes halogenated alkanes) is 3. The van der Waals surface area contributed by atoms with E-state index in [4.69, 9.17) is 9.47 Å². The highest BCUT2D eigenvalue weighted by Crippen LogP contribution is 2.14. The van der Waals surface area contributed by atoms with Crippen molar-refractivity contribution < 1.29 is 9.47 Å². The first kappa shape index (κ1) is 23.9. The van der Waals surface area contributed by atoms with Gasteiger partial charge in [-0.25, -0.2) is 0 Å². The SMILES string of the molecule is CCCCCCNC(=NCCCOCC1CCOCC1)NCC.I. The maximum atomic E-state index is 5.77. The Morgan fingerprint density at radius 3 is 2.58 bits per heavy atom. The van der Waals surface area contributed by atoms with Crippen LogP contribution in [0.1, 0.15) is 58.8 Å². The second-order valence-electron chi connectivity index (χ2n) is 6.23. The molecule has 0 atom stereocenters. The lowest BCUT2D eigenvalue weighted by Crippen LogP contribution is -2.37. The van der Waals surface area contributed by atoms with E-state index in [1.165, 1.54) is 25.7 Å². The largest absolute Gasteiger partial charge is 0.381 e. The van der Waals surface area contributed by atoms with Crippen LogP contribution in [-0.4, -0.2) is 52.0 Å². The van der Waals surface area contributed by atoms with Crippen LogP contribution < -0.4 is 10.6 Å². The zero-order valence-electron chi connectivity index (χ0n) is 15.6. The summed E-state index contributed by atoms with van der Waals surface area (Å²) >= 11 is 0. The Balaban J connectivity index is 0.00000529. The Bertz CT molecular complexity index is 298. The second-order valence-corrected chi connectivity index (χ2v) is 6.23. The quantitative estimate of drug-likeness (QED) is 0.205. The molecule has 0 radical (unpaired) electrons. The van der Waals surface area contributed by atoms with E-state index in [0.717, 1.165) is 71.3 Å². The van der Waals surface area contributed by atoms with E-state index in [-0.39, 0.29) is 24.0 Å². The topological polar surface area (TPSA) is 54.9 Å². The van der Waals surface area contributed by atoms with Gasteiger partial charge in [0.05, 0.1) is 0 Å². The molecule has 1 aliphatic rings. The number of nitrogens with zero attached hydrogens (tertiary/aromatic N) is 1. The number of rotatable bonds is 12. The van der Waals surface area contributed by atoms with Gasteiger partial charge in [0.1, 0.15) is 0 Å². The van der Waals surface area contributed by atoms with Crippen LogP contribution in [0.3, 0.4) is 0 Å². The molecule has 1 fully saturated rings. The van der Waals surface area contributed by atoms with Gasteiger partial charge in [-0.05, 0) is 38.5 Å². The summed E-state index contributed by atoms with van der Waals surface area (Å²) in [5, 5.41) is 6.71. The molecule has 24 heavy (non-hydrogen) atoms. The summed E-state index contributed by atoms with van der Waals surface area (Å²) in [6, 6.07) is 0. The van der Waals surface area contributed by atoms with Gasteiger partial charge < -0.3 is 20.1 Å². The van der Waals surface area contributed by atoms with Gasteiger partial charge in [0.25, 0.3) is 0 Å². The molecule has 144 valence electrons. The van der Waals surface area contributed by atoms with Crippen molar-refractivity contribution in [2.45, 2.75) is 58.8 Å². The van der Waals surface area contributed by atoms with Gasteiger partial charge in [-0.1, -0.05) is 26.2 Å². The van der Waals surface area contributed by atoms with E-state index in [2.05, 4.69) is 29.5 Å². The molecule has 1 heterocycles. The zero-order valence-corrected chi connectivity index (χ0v) is 18.0. The number of aliphatic imine (C=N–C) groups is 1. The van der Waals surface area contributed by atoms with Gasteiger partial charge in [0.15, 0.2) is 5.96 Å². The number of guanidine groups is 1. The van der Waals surface area contributed by atoms with Gasteiger partial charge in [-0.2, -0.15) is 0 Å². The summed E-state index contributed by atoms with van der Waals surface area (Å²) in [6.45, 7) is 10.5. The van der Waals surface area contributed by atoms with E-state index in [9.17, 15) is 0 Å². The van der Waals surface area contributed by atoms with Crippen LogP contribution in [0, 0.1) is 5.92 Å². The van der Waals surface area contributed by atoms with Crippen LogP contribution in [0.5, 0.6) is 0 Å². The Morgan fingerprint density at radius 2 is 1.88 bits per heavy atom. The molecule has 2 N–H and O–H groups in total. The molecular weight excluding hydrogens is 417 g/mol. The molecule has 0 spiro atoms. The highest BCUT2D eigenvalue weighted by atomic mass is 127. The van der Waals surface area contributed by atoms with Crippen LogP contribution >= 0.6 is 24.0 Å². The monoisotopic (exact) mass is 455 g/mol. The van der Waals surface area contributed by atoms with Gasteiger partial charge >= 0.3 is 0 Å². The van der Waals surface area contributed by atoms with Gasteiger partial charge in [-0.15, -0.1) is 24.0 Å². The summed E-state index contributed by atoms with van der Waals surface area (Å²) in [7, 11) is 0. The van der Waals surface area contributed by atoms with Crippen LogP contribution in [-0.2, 0) is 9.47 Å². The molecule has 0 aliphatic carbocycles. The molecule has 0 saturated carbocycles. The molecule has 0 aromatic heterocycles. The van der Waals surface area contributed by atoms with E-state index in [0.29, 0.717) is 5.92 Å². The molecule has 0 unspecified atom stereocenters. The minimum atomic E-state index is 0. The number of ether oxygens (including phenoxy) is 2. The molecular formula is C18H38IN3O2. The third-order valence-corrected chi connectivity index (χ3v) is 4.08. The third kappa shape index (κ3) is 13.2. The molecule has 1 rings (SSSR count). The Labute approximate surface area is 165 Å². The predicted molar refractivity (Wildman–Crippen MR) is 113 cm³/mol. The lowest BCUT2D eigenvalue weighted by atomic mass is 10.0. The first-order valence-electron chi connectivity index (χ1n) is 9.54. The maximum Gasteiger partial charge on any atom is 0.191 e. The van der Waals surface area contributed by atoms with Crippen molar-refractivity contribution in [3.8, 4) is 0 Å². The summed E-state index contributed by atoms with van der Waals surface area (Å²) in [6.07, 6.45) is 8.38. The molecule has 5 nitrogen and oxygen atoms in total. The van der Waals surface area contributed by atoms with Crippen molar-refractivity contribution in [2.24, 2.45) is 10.9 Å². The Hall–Kier alpha value is -0.0800. The Morgan fingerprint density at radius 1 is 1.08 bits per heavy atom. The highest BCUT2D eigenvalue weighted by Gasteiger charge is 2.13. The Kier molecular flexibility index (Phi) is 17.7.